The van der Waals surface area contributed by atoms with E-state index in [1.807, 2.05) is 17.9 Å². The lowest BCUT2D eigenvalue weighted by atomic mass is 9.83. The van der Waals surface area contributed by atoms with E-state index in [2.05, 4.69) is 27.3 Å². The number of nitrogens with zero attached hydrogens (tertiary/aromatic N) is 3. The Morgan fingerprint density at radius 3 is 2.05 bits per heavy atom. The van der Waals surface area contributed by atoms with Gasteiger partial charge < -0.3 is 25.2 Å². The average molecular weight is 587 g/mol. The highest BCUT2D eigenvalue weighted by atomic mass is 19.4. The van der Waals surface area contributed by atoms with Gasteiger partial charge >= 0.3 is 30.3 Å². The number of aromatic nitrogens is 1. The third-order valence-electron chi connectivity index (χ3n) is 6.41. The van der Waals surface area contributed by atoms with Crippen LogP contribution in [0.25, 0.3) is 0 Å². The molecule has 40 heavy (non-hydrogen) atoms. The number of alkyl halides is 6. The van der Waals surface area contributed by atoms with Crippen molar-refractivity contribution in [2.75, 3.05) is 39.3 Å². The Balaban J connectivity index is 0.000000333. The SMILES string of the molecule is Cc1cccc(CN2CC3(CCC(CNC(=O)N4CCCC4)CO3)C2)n1.O=C(O)C(F)(F)F.O=C(O)C(F)(F)F. The second kappa shape index (κ2) is 14.0. The summed E-state index contributed by atoms with van der Waals surface area (Å²) in [5, 5.41) is 17.3. The fraction of sp³-hybridized carbons (Fsp3) is 0.667. The maximum atomic E-state index is 12.1. The summed E-state index contributed by atoms with van der Waals surface area (Å²) in [6, 6.07) is 6.31. The Labute approximate surface area is 226 Å². The smallest absolute Gasteiger partial charge is 0.475 e. The number of carbonyl (C=O) groups is 3. The summed E-state index contributed by atoms with van der Waals surface area (Å²) in [5.74, 6) is -5.07. The Bertz CT molecular complexity index is 976. The summed E-state index contributed by atoms with van der Waals surface area (Å²) >= 11 is 0. The molecule has 3 fully saturated rings. The first-order valence-electron chi connectivity index (χ1n) is 12.4. The van der Waals surface area contributed by atoms with Crippen molar-refractivity contribution in [3.05, 3.63) is 29.6 Å². The van der Waals surface area contributed by atoms with Crippen LogP contribution >= 0.6 is 0 Å². The van der Waals surface area contributed by atoms with E-state index in [0.29, 0.717) is 5.92 Å². The normalized spacial score (nSPS) is 20.4. The Morgan fingerprint density at radius 2 is 1.60 bits per heavy atom. The molecule has 0 aromatic carbocycles. The van der Waals surface area contributed by atoms with Crippen LogP contribution in [0.1, 0.15) is 37.1 Å². The van der Waals surface area contributed by atoms with Crippen molar-refractivity contribution in [2.45, 2.75) is 57.1 Å². The van der Waals surface area contributed by atoms with E-state index < -0.39 is 24.3 Å². The van der Waals surface area contributed by atoms with Crippen LogP contribution < -0.4 is 5.32 Å². The number of halogens is 6. The van der Waals surface area contributed by atoms with Crippen molar-refractivity contribution in [1.29, 1.82) is 0 Å². The molecular weight excluding hydrogens is 554 g/mol. The van der Waals surface area contributed by atoms with Crippen molar-refractivity contribution in [3.63, 3.8) is 0 Å². The van der Waals surface area contributed by atoms with Crippen LogP contribution in [0.5, 0.6) is 0 Å². The van der Waals surface area contributed by atoms with Gasteiger partial charge in [-0.3, -0.25) is 9.88 Å². The van der Waals surface area contributed by atoms with Gasteiger partial charge in [-0.15, -0.1) is 0 Å². The summed E-state index contributed by atoms with van der Waals surface area (Å²) in [7, 11) is 0. The van der Waals surface area contributed by atoms with Crippen LogP contribution in [-0.4, -0.2) is 100 Å². The number of nitrogens with one attached hydrogen (secondary N) is 1. The van der Waals surface area contributed by atoms with Gasteiger partial charge in [-0.05, 0) is 50.7 Å². The van der Waals surface area contributed by atoms with Gasteiger partial charge in [0.2, 0.25) is 0 Å². The number of amides is 2. The van der Waals surface area contributed by atoms with E-state index in [9.17, 15) is 31.1 Å². The van der Waals surface area contributed by atoms with Crippen LogP contribution in [0.3, 0.4) is 0 Å². The van der Waals surface area contributed by atoms with Crippen LogP contribution in [0, 0.1) is 12.8 Å². The van der Waals surface area contributed by atoms with Crippen molar-refractivity contribution in [2.24, 2.45) is 5.92 Å². The number of ether oxygens (including phenoxy) is 1. The molecule has 1 aromatic heterocycles. The molecule has 1 atom stereocenters. The molecule has 1 spiro atoms. The zero-order chi connectivity index (χ0) is 30.1. The number of pyridine rings is 1. The first kappa shape index (κ1) is 33.1. The lowest BCUT2D eigenvalue weighted by Gasteiger charge is -2.52. The van der Waals surface area contributed by atoms with Gasteiger partial charge in [0.1, 0.15) is 0 Å². The van der Waals surface area contributed by atoms with Crippen molar-refractivity contribution in [1.82, 2.24) is 20.1 Å². The molecule has 3 aliphatic rings. The first-order chi connectivity index (χ1) is 18.5. The summed E-state index contributed by atoms with van der Waals surface area (Å²) in [5.41, 5.74) is 2.25. The fourth-order valence-corrected chi connectivity index (χ4v) is 4.39. The molecule has 4 rings (SSSR count). The molecule has 3 aliphatic heterocycles. The zero-order valence-corrected chi connectivity index (χ0v) is 21.7. The molecule has 1 aromatic rings. The Kier molecular flexibility index (Phi) is 11.5. The van der Waals surface area contributed by atoms with Gasteiger partial charge in [-0.2, -0.15) is 26.3 Å². The van der Waals surface area contributed by atoms with E-state index >= 15 is 0 Å². The molecule has 3 N–H and O–H groups in total. The van der Waals surface area contributed by atoms with Crippen LogP contribution in [0.15, 0.2) is 18.2 Å². The molecule has 0 radical (unpaired) electrons. The fourth-order valence-electron chi connectivity index (χ4n) is 4.39. The molecule has 1 unspecified atom stereocenters. The van der Waals surface area contributed by atoms with Crippen LogP contribution in [0.2, 0.25) is 0 Å². The summed E-state index contributed by atoms with van der Waals surface area (Å²) in [6.07, 6.45) is -5.67. The number of aliphatic carboxylic acids is 2. The van der Waals surface area contributed by atoms with Crippen LogP contribution in [-0.2, 0) is 20.9 Å². The maximum Gasteiger partial charge on any atom is 0.490 e. The number of hydrogen-bond donors (Lipinski definition) is 3. The van der Waals surface area contributed by atoms with E-state index in [1.165, 1.54) is 0 Å². The maximum absolute atomic E-state index is 12.1. The third kappa shape index (κ3) is 10.8. The molecule has 0 bridgehead atoms. The van der Waals surface area contributed by atoms with E-state index in [1.54, 1.807) is 0 Å². The Morgan fingerprint density at radius 1 is 1.05 bits per heavy atom. The topological polar surface area (TPSA) is 132 Å². The third-order valence-corrected chi connectivity index (χ3v) is 6.41. The largest absolute Gasteiger partial charge is 0.490 e. The lowest BCUT2D eigenvalue weighted by molar-refractivity contribution is -0.193. The van der Waals surface area contributed by atoms with E-state index in [4.69, 9.17) is 24.5 Å². The minimum Gasteiger partial charge on any atom is -0.475 e. The van der Waals surface area contributed by atoms with Gasteiger partial charge in [0.15, 0.2) is 0 Å². The van der Waals surface area contributed by atoms with E-state index in [0.717, 1.165) is 82.9 Å². The highest BCUT2D eigenvalue weighted by Gasteiger charge is 2.46. The molecule has 226 valence electrons. The molecule has 16 heteroatoms. The summed E-state index contributed by atoms with van der Waals surface area (Å²) in [4.78, 5) is 38.8. The van der Waals surface area contributed by atoms with Crippen molar-refractivity contribution < 1.29 is 55.7 Å². The number of rotatable bonds is 4. The number of carboxylic acid groups (broad SMARTS) is 2. The summed E-state index contributed by atoms with van der Waals surface area (Å²) < 4.78 is 69.7. The van der Waals surface area contributed by atoms with Crippen LogP contribution in [0.4, 0.5) is 31.1 Å². The van der Waals surface area contributed by atoms with E-state index in [-0.39, 0.29) is 11.6 Å². The molecule has 3 saturated heterocycles. The van der Waals surface area contributed by atoms with Gasteiger partial charge in [-0.1, -0.05) is 6.07 Å². The van der Waals surface area contributed by atoms with Gasteiger partial charge in [0.05, 0.1) is 17.9 Å². The first-order valence-corrected chi connectivity index (χ1v) is 12.4. The number of likely N-dealkylation sites (tertiary alicyclic amines) is 2. The minimum absolute atomic E-state index is 0.0410. The number of aryl methyl sites for hydroxylation is 1. The highest BCUT2D eigenvalue weighted by molar-refractivity contribution is 5.74. The predicted octanol–water partition coefficient (Wildman–Crippen LogP) is 3.44. The van der Waals surface area contributed by atoms with Crippen molar-refractivity contribution in [3.8, 4) is 0 Å². The standard InChI is InChI=1S/C20H30N4O2.2C2HF3O2/c1-16-5-4-6-18(22-16)12-23-14-20(15-23)8-7-17(13-26-20)11-21-19(25)24-9-2-3-10-24;2*3-2(4,5)1(6)7/h4-6,17H,2-3,7-15H2,1H3,(H,21,25);2*(H,6,7). The molecule has 0 aliphatic carbocycles. The highest BCUT2D eigenvalue weighted by Crippen LogP contribution is 2.36. The predicted molar refractivity (Wildman–Crippen MR) is 127 cm³/mol. The zero-order valence-electron chi connectivity index (χ0n) is 21.7. The van der Waals surface area contributed by atoms with Gasteiger partial charge in [-0.25, -0.2) is 14.4 Å². The molecule has 4 heterocycles. The number of carbonyl (C=O) groups excluding carboxylic acids is 1. The molecule has 2 amide bonds. The monoisotopic (exact) mass is 586 g/mol. The number of hydrogen-bond acceptors (Lipinski definition) is 6. The van der Waals surface area contributed by atoms with Crippen molar-refractivity contribution >= 4 is 18.0 Å². The summed E-state index contributed by atoms with van der Waals surface area (Å²) in [6.45, 7) is 8.24. The molecule has 0 saturated carbocycles. The molecule has 10 nitrogen and oxygen atoms in total. The second-order valence-electron chi connectivity index (χ2n) is 9.80. The van der Waals surface area contributed by atoms with Gasteiger partial charge in [0, 0.05) is 45.0 Å². The second-order valence-corrected chi connectivity index (χ2v) is 9.80. The van der Waals surface area contributed by atoms with Gasteiger partial charge in [0.25, 0.3) is 0 Å². The quantitative estimate of drug-likeness (QED) is 0.458. The average Bonchev–Trinajstić information content (AvgIpc) is 3.37. The lowest BCUT2D eigenvalue weighted by Crippen LogP contribution is -2.64. The number of urea groups is 1. The Hall–Kier alpha value is -3.14. The molecular formula is C24H32F6N4O6. The minimum atomic E-state index is -5.08. The number of carboxylic acids is 2.